The van der Waals surface area contributed by atoms with Gasteiger partial charge in [-0.2, -0.15) is 0 Å². The number of hydrogen-bond acceptors (Lipinski definition) is 2. The predicted octanol–water partition coefficient (Wildman–Crippen LogP) is 0.950. The highest BCUT2D eigenvalue weighted by molar-refractivity contribution is 5.72. The van der Waals surface area contributed by atoms with E-state index < -0.39 is 0 Å². The molecule has 2 rings (SSSR count). The molecule has 0 radical (unpaired) electrons. The van der Waals surface area contributed by atoms with E-state index in [0.717, 1.165) is 19.5 Å². The monoisotopic (exact) mass is 191 g/mol. The molecule has 2 heterocycles. The van der Waals surface area contributed by atoms with E-state index in [1.807, 2.05) is 18.3 Å². The van der Waals surface area contributed by atoms with Gasteiger partial charge in [0.25, 0.3) is 0 Å². The topological polar surface area (TPSA) is 59.2 Å². The smallest absolute Gasteiger partial charge is 0.314 e. The molecule has 2 N–H and O–H groups in total. The van der Waals surface area contributed by atoms with Crippen LogP contribution in [0, 0.1) is 0 Å². The summed E-state index contributed by atoms with van der Waals surface area (Å²) in [6, 6.07) is 3.64. The molecule has 0 aromatic carbocycles. The van der Waals surface area contributed by atoms with Gasteiger partial charge >= 0.3 is 6.03 Å². The molecule has 1 fully saturated rings. The number of nitrogens with two attached hydrogens (primary N) is 1. The standard InChI is InChI=1S/C10H13N3O/c11-10(14)13-5-3-9(7-13)8-2-1-4-12-6-8/h1-2,4,6,9H,3,5,7H2,(H2,11,14). The van der Waals surface area contributed by atoms with E-state index in [0.29, 0.717) is 5.92 Å². The van der Waals surface area contributed by atoms with Gasteiger partial charge in [-0.3, -0.25) is 4.98 Å². The Labute approximate surface area is 82.7 Å². The first-order chi connectivity index (χ1) is 6.77. The van der Waals surface area contributed by atoms with Crippen molar-refractivity contribution in [2.24, 2.45) is 5.73 Å². The van der Waals surface area contributed by atoms with Gasteiger partial charge in [0, 0.05) is 31.4 Å². The van der Waals surface area contributed by atoms with Crippen LogP contribution in [0.15, 0.2) is 24.5 Å². The number of carbonyl (C=O) groups is 1. The number of carbonyl (C=O) groups excluding carboxylic acids is 1. The van der Waals surface area contributed by atoms with Gasteiger partial charge < -0.3 is 10.6 Å². The maximum atomic E-state index is 10.9. The molecule has 1 saturated heterocycles. The lowest BCUT2D eigenvalue weighted by Crippen LogP contribution is -2.33. The first kappa shape index (κ1) is 8.99. The van der Waals surface area contributed by atoms with Crippen LogP contribution in [-0.2, 0) is 0 Å². The second-order valence-corrected chi connectivity index (χ2v) is 3.56. The molecule has 0 bridgehead atoms. The summed E-state index contributed by atoms with van der Waals surface area (Å²) in [4.78, 5) is 16.7. The van der Waals surface area contributed by atoms with Gasteiger partial charge in [0.1, 0.15) is 0 Å². The Hall–Kier alpha value is -1.58. The van der Waals surface area contributed by atoms with Crippen LogP contribution < -0.4 is 5.73 Å². The van der Waals surface area contributed by atoms with Gasteiger partial charge in [0.2, 0.25) is 0 Å². The second-order valence-electron chi connectivity index (χ2n) is 3.56. The molecule has 1 aliphatic rings. The quantitative estimate of drug-likeness (QED) is 0.718. The molecule has 1 atom stereocenters. The van der Waals surface area contributed by atoms with Crippen LogP contribution in [0.2, 0.25) is 0 Å². The summed E-state index contributed by atoms with van der Waals surface area (Å²) < 4.78 is 0. The zero-order valence-corrected chi connectivity index (χ0v) is 7.89. The first-order valence-corrected chi connectivity index (χ1v) is 4.71. The third-order valence-corrected chi connectivity index (χ3v) is 2.66. The minimum Gasteiger partial charge on any atom is -0.351 e. The lowest BCUT2D eigenvalue weighted by Gasteiger charge is -2.12. The number of aromatic nitrogens is 1. The molecule has 14 heavy (non-hydrogen) atoms. The number of urea groups is 1. The van der Waals surface area contributed by atoms with Crippen LogP contribution in [0.25, 0.3) is 0 Å². The number of pyridine rings is 1. The zero-order chi connectivity index (χ0) is 9.97. The number of rotatable bonds is 1. The average molecular weight is 191 g/mol. The second kappa shape index (κ2) is 3.65. The number of hydrogen-bond donors (Lipinski definition) is 1. The molecule has 0 spiro atoms. The summed E-state index contributed by atoms with van der Waals surface area (Å²) in [7, 11) is 0. The Morgan fingerprint density at radius 1 is 1.64 bits per heavy atom. The summed E-state index contributed by atoms with van der Waals surface area (Å²) in [6.45, 7) is 1.48. The molecule has 2 amide bonds. The van der Waals surface area contributed by atoms with Crippen LogP contribution >= 0.6 is 0 Å². The average Bonchev–Trinajstić information content (AvgIpc) is 2.68. The SMILES string of the molecule is NC(=O)N1CCC(c2cccnc2)C1. The molecule has 1 unspecified atom stereocenters. The summed E-state index contributed by atoms with van der Waals surface area (Å²) in [6.07, 6.45) is 4.59. The van der Waals surface area contributed by atoms with Gasteiger partial charge in [-0.1, -0.05) is 6.07 Å². The van der Waals surface area contributed by atoms with Gasteiger partial charge in [-0.15, -0.1) is 0 Å². The maximum absolute atomic E-state index is 10.9. The predicted molar refractivity (Wildman–Crippen MR) is 52.8 cm³/mol. The van der Waals surface area contributed by atoms with Gasteiger partial charge in [-0.05, 0) is 18.1 Å². The summed E-state index contributed by atoms with van der Waals surface area (Å²) in [5.74, 6) is 0.399. The molecule has 1 aliphatic heterocycles. The Balaban J connectivity index is 2.06. The van der Waals surface area contributed by atoms with E-state index in [2.05, 4.69) is 4.98 Å². The minimum atomic E-state index is -0.323. The van der Waals surface area contributed by atoms with E-state index in [1.165, 1.54) is 5.56 Å². The molecule has 4 heteroatoms. The third kappa shape index (κ3) is 1.69. The number of amides is 2. The Kier molecular flexibility index (Phi) is 2.35. The van der Waals surface area contributed by atoms with Crippen LogP contribution in [0.1, 0.15) is 17.9 Å². The highest BCUT2D eigenvalue weighted by atomic mass is 16.2. The normalized spacial score (nSPS) is 21.1. The largest absolute Gasteiger partial charge is 0.351 e. The van der Waals surface area contributed by atoms with Crippen LogP contribution in [0.5, 0.6) is 0 Å². The van der Waals surface area contributed by atoms with Crippen molar-refractivity contribution in [3.63, 3.8) is 0 Å². The van der Waals surface area contributed by atoms with Gasteiger partial charge in [0.15, 0.2) is 0 Å². The number of primary amides is 1. The van der Waals surface area contributed by atoms with E-state index in [4.69, 9.17) is 5.73 Å². The lowest BCUT2D eigenvalue weighted by atomic mass is 10.0. The van der Waals surface area contributed by atoms with Crippen LogP contribution in [0.3, 0.4) is 0 Å². The summed E-state index contributed by atoms with van der Waals surface area (Å²) >= 11 is 0. The maximum Gasteiger partial charge on any atom is 0.314 e. The molecule has 1 aromatic heterocycles. The van der Waals surface area contributed by atoms with Crippen molar-refractivity contribution < 1.29 is 4.79 Å². The molecular weight excluding hydrogens is 178 g/mol. The zero-order valence-electron chi connectivity index (χ0n) is 7.89. The van der Waals surface area contributed by atoms with Crippen molar-refractivity contribution >= 4 is 6.03 Å². The van der Waals surface area contributed by atoms with Crippen LogP contribution in [0.4, 0.5) is 4.79 Å². The van der Waals surface area contributed by atoms with Crippen molar-refractivity contribution in [2.45, 2.75) is 12.3 Å². The van der Waals surface area contributed by atoms with Crippen molar-refractivity contribution in [3.05, 3.63) is 30.1 Å². The van der Waals surface area contributed by atoms with Gasteiger partial charge in [0.05, 0.1) is 0 Å². The molecular formula is C10H13N3O. The molecule has 0 aliphatic carbocycles. The molecule has 1 aromatic rings. The Bertz CT molecular complexity index is 325. The van der Waals surface area contributed by atoms with E-state index in [-0.39, 0.29) is 6.03 Å². The fourth-order valence-corrected chi connectivity index (χ4v) is 1.85. The summed E-state index contributed by atoms with van der Waals surface area (Å²) in [5, 5.41) is 0. The molecule has 0 saturated carbocycles. The Morgan fingerprint density at radius 3 is 3.07 bits per heavy atom. The fraction of sp³-hybridized carbons (Fsp3) is 0.400. The highest BCUT2D eigenvalue weighted by Gasteiger charge is 2.25. The number of nitrogens with zero attached hydrogens (tertiary/aromatic N) is 2. The van der Waals surface area contributed by atoms with Crippen molar-refractivity contribution in [2.75, 3.05) is 13.1 Å². The van der Waals surface area contributed by atoms with Crippen LogP contribution in [-0.4, -0.2) is 29.0 Å². The van der Waals surface area contributed by atoms with E-state index in [9.17, 15) is 4.79 Å². The van der Waals surface area contributed by atoms with Gasteiger partial charge in [-0.25, -0.2) is 4.79 Å². The molecule has 4 nitrogen and oxygen atoms in total. The minimum absolute atomic E-state index is 0.323. The first-order valence-electron chi connectivity index (χ1n) is 4.71. The van der Waals surface area contributed by atoms with E-state index in [1.54, 1.807) is 11.1 Å². The summed E-state index contributed by atoms with van der Waals surface area (Å²) in [5.41, 5.74) is 6.40. The lowest BCUT2D eigenvalue weighted by molar-refractivity contribution is 0.218. The van der Waals surface area contributed by atoms with Crippen molar-refractivity contribution in [1.82, 2.24) is 9.88 Å². The highest BCUT2D eigenvalue weighted by Crippen LogP contribution is 2.25. The third-order valence-electron chi connectivity index (χ3n) is 2.66. The molecule has 74 valence electrons. The fourth-order valence-electron chi connectivity index (χ4n) is 1.85. The van der Waals surface area contributed by atoms with Crippen molar-refractivity contribution in [1.29, 1.82) is 0 Å². The Morgan fingerprint density at radius 2 is 2.50 bits per heavy atom. The number of likely N-dealkylation sites (tertiary alicyclic amines) is 1. The van der Waals surface area contributed by atoms with E-state index >= 15 is 0 Å². The van der Waals surface area contributed by atoms with Crippen molar-refractivity contribution in [3.8, 4) is 0 Å².